The van der Waals surface area contributed by atoms with E-state index < -0.39 is 0 Å². The van der Waals surface area contributed by atoms with Crippen LogP contribution in [0.3, 0.4) is 0 Å². The number of thioether (sulfide) groups is 1. The lowest BCUT2D eigenvalue weighted by molar-refractivity contribution is -0.119. The summed E-state index contributed by atoms with van der Waals surface area (Å²) in [5.74, 6) is 2.29. The average molecular weight is 428 g/mol. The first-order valence-electron chi connectivity index (χ1n) is 8.51. The zero-order valence-electron chi connectivity index (χ0n) is 15.6. The van der Waals surface area contributed by atoms with Gasteiger partial charge in [-0.2, -0.15) is 0 Å². The predicted octanol–water partition coefficient (Wildman–Crippen LogP) is 5.51. The topological polar surface area (TPSA) is 47.6 Å². The van der Waals surface area contributed by atoms with Crippen molar-refractivity contribution in [2.45, 2.75) is 25.1 Å². The molecule has 0 saturated carbocycles. The van der Waals surface area contributed by atoms with Crippen LogP contribution in [0.4, 0.5) is 0 Å². The highest BCUT2D eigenvalue weighted by molar-refractivity contribution is 7.99. The van der Waals surface area contributed by atoms with Gasteiger partial charge in [0.2, 0.25) is 5.91 Å². The fourth-order valence-corrected chi connectivity index (χ4v) is 4.02. The number of carbonyl (C=O) groups excluding carboxylic acids is 1. The SMILES string of the molecule is CC[C@@H](NC(=O)CSCc1ccc(Cl)cc1Cl)c1ccc(OC)c(OC)c1. The average Bonchev–Trinajstić information content (AvgIpc) is 2.67. The summed E-state index contributed by atoms with van der Waals surface area (Å²) in [4.78, 5) is 12.4. The minimum Gasteiger partial charge on any atom is -0.493 e. The van der Waals surface area contributed by atoms with Crippen molar-refractivity contribution in [2.24, 2.45) is 0 Å². The number of halogens is 2. The van der Waals surface area contributed by atoms with Crippen LogP contribution in [-0.4, -0.2) is 25.9 Å². The second kappa shape index (κ2) is 10.7. The summed E-state index contributed by atoms with van der Waals surface area (Å²) < 4.78 is 10.6. The molecular formula is C20H23Cl2NO3S. The van der Waals surface area contributed by atoms with Crippen LogP contribution < -0.4 is 14.8 Å². The van der Waals surface area contributed by atoms with E-state index in [9.17, 15) is 4.79 Å². The lowest BCUT2D eigenvalue weighted by Gasteiger charge is -2.19. The summed E-state index contributed by atoms with van der Waals surface area (Å²) in [5.41, 5.74) is 1.94. The van der Waals surface area contributed by atoms with Crippen molar-refractivity contribution in [2.75, 3.05) is 20.0 Å². The summed E-state index contributed by atoms with van der Waals surface area (Å²) in [5, 5.41) is 4.29. The Hall–Kier alpha value is -1.56. The zero-order chi connectivity index (χ0) is 19.8. The number of hydrogen-bond acceptors (Lipinski definition) is 4. The van der Waals surface area contributed by atoms with Crippen LogP contribution in [0.15, 0.2) is 36.4 Å². The van der Waals surface area contributed by atoms with Gasteiger partial charge in [0.05, 0.1) is 26.0 Å². The number of hydrogen-bond donors (Lipinski definition) is 1. The molecule has 146 valence electrons. The van der Waals surface area contributed by atoms with E-state index in [1.807, 2.05) is 31.2 Å². The summed E-state index contributed by atoms with van der Waals surface area (Å²) in [6.45, 7) is 2.03. The molecule has 0 unspecified atom stereocenters. The van der Waals surface area contributed by atoms with Crippen LogP contribution in [0.2, 0.25) is 10.0 Å². The van der Waals surface area contributed by atoms with Crippen molar-refractivity contribution in [3.63, 3.8) is 0 Å². The van der Waals surface area contributed by atoms with Gasteiger partial charge >= 0.3 is 0 Å². The molecule has 0 aromatic heterocycles. The monoisotopic (exact) mass is 427 g/mol. The molecule has 27 heavy (non-hydrogen) atoms. The van der Waals surface area contributed by atoms with Gasteiger partial charge in [-0.25, -0.2) is 0 Å². The molecule has 0 aliphatic rings. The van der Waals surface area contributed by atoms with Gasteiger partial charge in [0.25, 0.3) is 0 Å². The highest BCUT2D eigenvalue weighted by Crippen LogP contribution is 2.31. The number of ether oxygens (including phenoxy) is 2. The maximum absolute atomic E-state index is 12.4. The molecule has 0 radical (unpaired) electrons. The Morgan fingerprint density at radius 3 is 2.48 bits per heavy atom. The minimum atomic E-state index is -0.0861. The fraction of sp³-hybridized carbons (Fsp3) is 0.350. The van der Waals surface area contributed by atoms with Crippen molar-refractivity contribution in [3.8, 4) is 11.5 Å². The first kappa shape index (κ1) is 21.7. The third-order valence-electron chi connectivity index (χ3n) is 4.06. The van der Waals surface area contributed by atoms with Gasteiger partial charge in [-0.05, 0) is 41.8 Å². The molecule has 0 spiro atoms. The van der Waals surface area contributed by atoms with Crippen LogP contribution >= 0.6 is 35.0 Å². The van der Waals surface area contributed by atoms with E-state index in [1.165, 1.54) is 11.8 Å². The third kappa shape index (κ3) is 6.23. The number of methoxy groups -OCH3 is 2. The van der Waals surface area contributed by atoms with Crippen LogP contribution in [-0.2, 0) is 10.5 Å². The van der Waals surface area contributed by atoms with Crippen LogP contribution in [0.25, 0.3) is 0 Å². The second-order valence-electron chi connectivity index (χ2n) is 5.87. The molecule has 7 heteroatoms. The minimum absolute atomic E-state index is 0.0216. The first-order chi connectivity index (χ1) is 13.0. The lowest BCUT2D eigenvalue weighted by atomic mass is 10.0. The smallest absolute Gasteiger partial charge is 0.230 e. The Morgan fingerprint density at radius 2 is 1.85 bits per heavy atom. The molecule has 2 aromatic carbocycles. The molecule has 1 amide bonds. The van der Waals surface area contributed by atoms with Gasteiger partial charge in [0, 0.05) is 15.8 Å². The molecule has 0 saturated heterocycles. The normalized spacial score (nSPS) is 11.7. The lowest BCUT2D eigenvalue weighted by Crippen LogP contribution is -2.29. The molecule has 2 aromatic rings. The Labute approximate surface area is 174 Å². The maximum atomic E-state index is 12.4. The highest BCUT2D eigenvalue weighted by atomic mass is 35.5. The molecule has 0 bridgehead atoms. The number of amides is 1. The Kier molecular flexibility index (Phi) is 8.61. The molecular weight excluding hydrogens is 405 g/mol. The molecule has 0 heterocycles. The van der Waals surface area contributed by atoms with E-state index in [4.69, 9.17) is 32.7 Å². The van der Waals surface area contributed by atoms with Gasteiger partial charge in [0.15, 0.2) is 11.5 Å². The van der Waals surface area contributed by atoms with Crippen molar-refractivity contribution in [3.05, 3.63) is 57.6 Å². The highest BCUT2D eigenvalue weighted by Gasteiger charge is 2.15. The number of benzene rings is 2. The summed E-state index contributed by atoms with van der Waals surface area (Å²) in [7, 11) is 3.19. The fourth-order valence-electron chi connectivity index (χ4n) is 2.62. The van der Waals surface area contributed by atoms with E-state index in [0.29, 0.717) is 33.0 Å². The Morgan fingerprint density at radius 1 is 1.11 bits per heavy atom. The molecule has 4 nitrogen and oxygen atoms in total. The van der Waals surface area contributed by atoms with E-state index in [-0.39, 0.29) is 11.9 Å². The van der Waals surface area contributed by atoms with Gasteiger partial charge in [-0.1, -0.05) is 42.3 Å². The molecule has 0 fully saturated rings. The van der Waals surface area contributed by atoms with Gasteiger partial charge in [-0.3, -0.25) is 4.79 Å². The van der Waals surface area contributed by atoms with Gasteiger partial charge < -0.3 is 14.8 Å². The molecule has 0 aliphatic heterocycles. The van der Waals surface area contributed by atoms with Crippen molar-refractivity contribution < 1.29 is 14.3 Å². The first-order valence-corrected chi connectivity index (χ1v) is 10.4. The van der Waals surface area contributed by atoms with Crippen LogP contribution in [0, 0.1) is 0 Å². The van der Waals surface area contributed by atoms with Gasteiger partial charge in [-0.15, -0.1) is 11.8 Å². The maximum Gasteiger partial charge on any atom is 0.230 e. The van der Waals surface area contributed by atoms with Crippen LogP contribution in [0.1, 0.15) is 30.5 Å². The van der Waals surface area contributed by atoms with E-state index in [1.54, 1.807) is 26.4 Å². The van der Waals surface area contributed by atoms with E-state index in [0.717, 1.165) is 17.5 Å². The molecule has 1 N–H and O–H groups in total. The number of carbonyl (C=O) groups is 1. The van der Waals surface area contributed by atoms with E-state index in [2.05, 4.69) is 5.32 Å². The quantitative estimate of drug-likeness (QED) is 0.572. The van der Waals surface area contributed by atoms with Crippen LogP contribution in [0.5, 0.6) is 11.5 Å². The number of rotatable bonds is 9. The summed E-state index contributed by atoms with van der Waals surface area (Å²) >= 11 is 13.6. The molecule has 0 aliphatic carbocycles. The van der Waals surface area contributed by atoms with Crippen molar-refractivity contribution in [1.29, 1.82) is 0 Å². The molecule has 2 rings (SSSR count). The van der Waals surface area contributed by atoms with Crippen molar-refractivity contribution in [1.82, 2.24) is 5.32 Å². The Balaban J connectivity index is 1.92. The zero-order valence-corrected chi connectivity index (χ0v) is 17.9. The van der Waals surface area contributed by atoms with Crippen molar-refractivity contribution >= 4 is 40.9 Å². The van der Waals surface area contributed by atoms with Gasteiger partial charge in [0.1, 0.15) is 0 Å². The summed E-state index contributed by atoms with van der Waals surface area (Å²) in [6.07, 6.45) is 0.773. The summed E-state index contributed by atoms with van der Waals surface area (Å²) in [6, 6.07) is 11.0. The number of nitrogens with one attached hydrogen (secondary N) is 1. The Bertz CT molecular complexity index is 786. The molecule has 1 atom stereocenters. The predicted molar refractivity (Wildman–Crippen MR) is 113 cm³/mol. The second-order valence-corrected chi connectivity index (χ2v) is 7.70. The third-order valence-corrected chi connectivity index (χ3v) is 5.63. The van der Waals surface area contributed by atoms with E-state index >= 15 is 0 Å². The largest absolute Gasteiger partial charge is 0.493 e. The standard InChI is InChI=1S/C20H23Cl2NO3S/c1-4-17(13-6-8-18(25-2)19(9-13)26-3)23-20(24)12-27-11-14-5-7-15(21)10-16(14)22/h5-10,17H,4,11-12H2,1-3H3,(H,23,24)/t17-/m1/s1.